The highest BCUT2D eigenvalue weighted by atomic mass is 35.5. The molecule has 12 heavy (non-hydrogen) atoms. The van der Waals surface area contributed by atoms with Crippen LogP contribution in [-0.4, -0.2) is 44.6 Å². The topological polar surface area (TPSA) is 27.7 Å². The van der Waals surface area contributed by atoms with Crippen LogP contribution in [0.5, 0.6) is 0 Å². The van der Waals surface area contributed by atoms with Crippen LogP contribution in [0.25, 0.3) is 0 Å². The van der Waals surface area contributed by atoms with E-state index in [0.717, 1.165) is 12.5 Å². The van der Waals surface area contributed by atoms with Gasteiger partial charge in [-0.25, -0.2) is 0 Å². The summed E-state index contributed by atoms with van der Waals surface area (Å²) in [7, 11) is 2.40. The first kappa shape index (κ1) is 12.6. The monoisotopic (exact) mass is 228 g/mol. The molecule has 6 heteroatoms. The molecule has 0 saturated carbocycles. The van der Waals surface area contributed by atoms with Crippen LogP contribution in [0.4, 0.5) is 0 Å². The van der Waals surface area contributed by atoms with Crippen molar-refractivity contribution < 1.29 is 13.3 Å². The van der Waals surface area contributed by atoms with Gasteiger partial charge in [-0.15, -0.1) is 11.6 Å². The minimum Gasteiger partial charge on any atom is -0.380 e. The molecule has 0 fully saturated rings. The molecule has 0 N–H and O–H groups in total. The molecular weight excluding hydrogens is 212 g/mol. The van der Waals surface area contributed by atoms with E-state index in [-0.39, 0.29) is 0 Å². The zero-order valence-electron chi connectivity index (χ0n) is 7.93. The van der Waals surface area contributed by atoms with E-state index in [0.29, 0.717) is 5.88 Å². The fourth-order valence-electron chi connectivity index (χ4n) is 0.992. The summed E-state index contributed by atoms with van der Waals surface area (Å²) in [6, 6.07) is 1.13. The number of halogens is 1. The first-order chi connectivity index (χ1) is 5.74. The average Bonchev–Trinajstić information content (AvgIpc) is 2.14. The van der Waals surface area contributed by atoms with Crippen LogP contribution in [0, 0.1) is 0 Å². The van der Waals surface area contributed by atoms with Crippen LogP contribution < -0.4 is 0 Å². The molecule has 0 rings (SSSR count). The highest BCUT2D eigenvalue weighted by Crippen LogP contribution is 2.07. The summed E-state index contributed by atoms with van der Waals surface area (Å²) in [5.41, 5.74) is 0. The first-order valence-electron chi connectivity index (χ1n) is 3.96. The van der Waals surface area contributed by atoms with Gasteiger partial charge in [0.05, 0.1) is 0 Å². The van der Waals surface area contributed by atoms with Gasteiger partial charge in [0.15, 0.2) is 0 Å². The van der Waals surface area contributed by atoms with E-state index in [9.17, 15) is 0 Å². The number of rotatable bonds is 7. The van der Waals surface area contributed by atoms with Gasteiger partial charge in [0.2, 0.25) is 0 Å². The van der Waals surface area contributed by atoms with Crippen LogP contribution in [0.15, 0.2) is 0 Å². The van der Waals surface area contributed by atoms with Gasteiger partial charge in [-0.2, -0.15) is 0 Å². The molecule has 0 aliphatic carbocycles. The summed E-state index contributed by atoms with van der Waals surface area (Å²) >= 11 is 5.58. The molecule has 74 valence electrons. The SMILES string of the molecule is CO[Si](OC)(OC)[SiH2]CCCCl. The third-order valence-corrected chi connectivity index (χ3v) is 10.9. The van der Waals surface area contributed by atoms with Crippen molar-refractivity contribution in [2.24, 2.45) is 0 Å². The van der Waals surface area contributed by atoms with Gasteiger partial charge in [-0.1, -0.05) is 6.04 Å². The number of alkyl halides is 1. The molecule has 0 bridgehead atoms. The Balaban J connectivity index is 3.76. The van der Waals surface area contributed by atoms with Gasteiger partial charge in [-0.3, -0.25) is 0 Å². The van der Waals surface area contributed by atoms with Crippen LogP contribution in [0.3, 0.4) is 0 Å². The molecule has 0 aromatic rings. The van der Waals surface area contributed by atoms with E-state index in [4.69, 9.17) is 24.9 Å². The summed E-state index contributed by atoms with van der Waals surface area (Å²) in [4.78, 5) is 0. The van der Waals surface area contributed by atoms with Crippen molar-refractivity contribution in [1.29, 1.82) is 0 Å². The lowest BCUT2D eigenvalue weighted by atomic mass is 10.6. The molecule has 0 atom stereocenters. The van der Waals surface area contributed by atoms with E-state index in [2.05, 4.69) is 0 Å². The van der Waals surface area contributed by atoms with Gasteiger partial charge in [0.25, 0.3) is 0 Å². The summed E-state index contributed by atoms with van der Waals surface area (Å²) in [5.74, 6) is 0.717. The maximum atomic E-state index is 5.58. The second-order valence-electron chi connectivity index (χ2n) is 2.44. The Hall–Kier alpha value is 0.604. The molecule has 3 nitrogen and oxygen atoms in total. The summed E-state index contributed by atoms with van der Waals surface area (Å²) in [6.45, 7) is 0. The average molecular weight is 229 g/mol. The molecule has 0 aliphatic heterocycles. The molecule has 0 aromatic heterocycles. The molecule has 0 unspecified atom stereocenters. The Kier molecular flexibility index (Phi) is 7.40. The molecule has 0 heterocycles. The van der Waals surface area contributed by atoms with Crippen molar-refractivity contribution in [3.63, 3.8) is 0 Å². The fourth-order valence-corrected chi connectivity index (χ4v) is 7.43. The molecule has 0 radical (unpaired) electrons. The minimum atomic E-state index is -2.17. The van der Waals surface area contributed by atoms with Gasteiger partial charge in [0, 0.05) is 27.2 Å². The quantitative estimate of drug-likeness (QED) is 0.363. The van der Waals surface area contributed by atoms with Gasteiger partial charge in [-0.05, 0) is 6.42 Å². The van der Waals surface area contributed by atoms with Gasteiger partial charge >= 0.3 is 8.32 Å². The molecule has 0 spiro atoms. The van der Waals surface area contributed by atoms with Crippen molar-refractivity contribution in [2.45, 2.75) is 12.5 Å². The number of hydrogen-bond donors (Lipinski definition) is 0. The fraction of sp³-hybridized carbons (Fsp3) is 1.00. The smallest absolute Gasteiger partial charge is 0.380 e. The Morgan fingerprint density at radius 3 is 2.00 bits per heavy atom. The van der Waals surface area contributed by atoms with Crippen molar-refractivity contribution >= 4 is 29.0 Å². The Bertz CT molecular complexity index is 103. The summed E-state index contributed by atoms with van der Waals surface area (Å²) in [5, 5.41) is 0. The second-order valence-corrected chi connectivity index (χ2v) is 10.7. The van der Waals surface area contributed by atoms with Crippen molar-refractivity contribution in [1.82, 2.24) is 0 Å². The lowest BCUT2D eigenvalue weighted by molar-refractivity contribution is 0.148. The Morgan fingerprint density at radius 1 is 1.17 bits per heavy atom. The zero-order chi connectivity index (χ0) is 9.45. The van der Waals surface area contributed by atoms with Gasteiger partial charge in [0.1, 0.15) is 9.04 Å². The summed E-state index contributed by atoms with van der Waals surface area (Å²) in [6.07, 6.45) is 1.04. The van der Waals surface area contributed by atoms with E-state index < -0.39 is 17.4 Å². The molecular formula is C6H17ClO3Si2. The van der Waals surface area contributed by atoms with E-state index in [1.165, 1.54) is 0 Å². The van der Waals surface area contributed by atoms with Crippen LogP contribution in [0.1, 0.15) is 6.42 Å². The maximum absolute atomic E-state index is 5.58. The van der Waals surface area contributed by atoms with Crippen molar-refractivity contribution in [3.05, 3.63) is 0 Å². The predicted octanol–water partition coefficient (Wildman–Crippen LogP) is 0.577. The number of hydrogen-bond acceptors (Lipinski definition) is 3. The Morgan fingerprint density at radius 2 is 1.67 bits per heavy atom. The third-order valence-electron chi connectivity index (χ3n) is 1.80. The van der Waals surface area contributed by atoms with Crippen molar-refractivity contribution in [2.75, 3.05) is 27.2 Å². The lowest BCUT2D eigenvalue weighted by Crippen LogP contribution is -2.49. The molecule has 0 amide bonds. The lowest BCUT2D eigenvalue weighted by Gasteiger charge is -2.24. The highest BCUT2D eigenvalue weighted by molar-refractivity contribution is 7.14. The molecule has 0 saturated heterocycles. The molecule has 0 aromatic carbocycles. The molecule has 0 aliphatic rings. The predicted molar refractivity (Wildman–Crippen MR) is 55.5 cm³/mol. The largest absolute Gasteiger partial charge is 0.461 e. The van der Waals surface area contributed by atoms with Crippen molar-refractivity contribution in [3.8, 4) is 0 Å². The van der Waals surface area contributed by atoms with Crippen LogP contribution in [-0.2, 0) is 13.3 Å². The van der Waals surface area contributed by atoms with E-state index in [1.54, 1.807) is 21.3 Å². The highest BCUT2D eigenvalue weighted by Gasteiger charge is 2.36. The van der Waals surface area contributed by atoms with Gasteiger partial charge < -0.3 is 13.3 Å². The zero-order valence-corrected chi connectivity index (χ0v) is 11.1. The van der Waals surface area contributed by atoms with Crippen LogP contribution in [0.2, 0.25) is 6.04 Å². The maximum Gasteiger partial charge on any atom is 0.461 e. The third kappa shape index (κ3) is 4.02. The van der Waals surface area contributed by atoms with Crippen LogP contribution >= 0.6 is 11.6 Å². The normalized spacial score (nSPS) is 13.0. The Labute approximate surface area is 82.3 Å². The van der Waals surface area contributed by atoms with E-state index in [1.807, 2.05) is 0 Å². The van der Waals surface area contributed by atoms with E-state index >= 15 is 0 Å². The minimum absolute atomic E-state index is 0.405. The summed E-state index contributed by atoms with van der Waals surface area (Å²) < 4.78 is 15.9. The standard InChI is InChI=1S/C6H17ClO3Si2/c1-8-12(9-2,10-3)11-6-4-5-7/h4-6,11H2,1-3H3. The second kappa shape index (κ2) is 7.05. The first-order valence-corrected chi connectivity index (χ1v) is 9.55.